The number of rotatable bonds is 5. The van der Waals surface area contributed by atoms with E-state index in [9.17, 15) is 13.9 Å². The van der Waals surface area contributed by atoms with E-state index in [1.165, 1.54) is 12.1 Å². The molecule has 0 unspecified atom stereocenters. The number of hydrogen-bond acceptors (Lipinski definition) is 2. The summed E-state index contributed by atoms with van der Waals surface area (Å²) in [6, 6.07) is 7.88. The molecule has 0 bridgehead atoms. The Balaban J connectivity index is 1.81. The van der Waals surface area contributed by atoms with Crippen molar-refractivity contribution in [1.29, 1.82) is 0 Å². The van der Waals surface area contributed by atoms with Crippen molar-refractivity contribution in [1.82, 2.24) is 4.90 Å². The Morgan fingerprint density at radius 1 is 1.00 bits per heavy atom. The summed E-state index contributed by atoms with van der Waals surface area (Å²) >= 11 is 0. The highest BCUT2D eigenvalue weighted by molar-refractivity contribution is 5.40. The molecule has 0 radical (unpaired) electrons. The minimum Gasteiger partial charge on any atom is -0.508 e. The molecule has 0 amide bonds. The van der Waals surface area contributed by atoms with E-state index in [-0.39, 0.29) is 5.75 Å². The van der Waals surface area contributed by atoms with Crippen LogP contribution in [0.3, 0.4) is 0 Å². The summed E-state index contributed by atoms with van der Waals surface area (Å²) < 4.78 is 27.0. The second-order valence-corrected chi connectivity index (χ2v) is 6.44. The third-order valence-electron chi connectivity index (χ3n) is 4.52. The van der Waals surface area contributed by atoms with E-state index in [0.717, 1.165) is 35.6 Å². The van der Waals surface area contributed by atoms with Gasteiger partial charge in [0.1, 0.15) is 17.4 Å². The number of phenols is 1. The number of halogens is 2. The molecule has 0 aromatic heterocycles. The van der Waals surface area contributed by atoms with Gasteiger partial charge in [-0.2, -0.15) is 0 Å². The molecule has 2 nitrogen and oxygen atoms in total. The summed E-state index contributed by atoms with van der Waals surface area (Å²) in [6.45, 7) is 4.96. The van der Waals surface area contributed by atoms with Gasteiger partial charge in [0.15, 0.2) is 0 Å². The zero-order valence-corrected chi connectivity index (χ0v) is 13.4. The van der Waals surface area contributed by atoms with Crippen LogP contribution in [-0.2, 0) is 13.1 Å². The van der Waals surface area contributed by atoms with Crippen LogP contribution in [0.25, 0.3) is 0 Å². The molecule has 1 saturated carbocycles. The van der Waals surface area contributed by atoms with Gasteiger partial charge in [0.05, 0.1) is 0 Å². The lowest BCUT2D eigenvalue weighted by Gasteiger charge is -2.23. The number of hydrogen-bond donors (Lipinski definition) is 1. The van der Waals surface area contributed by atoms with Crippen molar-refractivity contribution >= 4 is 0 Å². The first-order valence-electron chi connectivity index (χ1n) is 7.91. The van der Waals surface area contributed by atoms with Crippen molar-refractivity contribution in [2.24, 2.45) is 0 Å². The van der Waals surface area contributed by atoms with E-state index < -0.39 is 11.6 Å². The van der Waals surface area contributed by atoms with E-state index in [4.69, 9.17) is 0 Å². The van der Waals surface area contributed by atoms with Gasteiger partial charge in [0.2, 0.25) is 0 Å². The van der Waals surface area contributed by atoms with Gasteiger partial charge in [-0.05, 0) is 49.9 Å². The second-order valence-electron chi connectivity index (χ2n) is 6.44. The molecule has 0 atom stereocenters. The summed E-state index contributed by atoms with van der Waals surface area (Å²) in [5.41, 5.74) is 3.51. The Morgan fingerprint density at radius 3 is 2.30 bits per heavy atom. The molecular formula is C19H21F2NO. The predicted molar refractivity (Wildman–Crippen MR) is 86.2 cm³/mol. The minimum absolute atomic E-state index is 0.276. The maximum absolute atomic E-state index is 13.9. The van der Waals surface area contributed by atoms with Gasteiger partial charge in [-0.1, -0.05) is 12.1 Å². The van der Waals surface area contributed by atoms with Crippen molar-refractivity contribution in [2.45, 2.75) is 45.8 Å². The number of benzene rings is 2. The number of aryl methyl sites for hydroxylation is 2. The van der Waals surface area contributed by atoms with Crippen molar-refractivity contribution in [3.8, 4) is 5.75 Å². The van der Waals surface area contributed by atoms with Crippen molar-refractivity contribution < 1.29 is 13.9 Å². The molecule has 122 valence electrons. The minimum atomic E-state index is -0.559. The lowest BCUT2D eigenvalue weighted by atomic mass is 10.0. The lowest BCUT2D eigenvalue weighted by Crippen LogP contribution is -2.25. The molecule has 1 fully saturated rings. The van der Waals surface area contributed by atoms with Gasteiger partial charge in [-0.15, -0.1) is 0 Å². The van der Waals surface area contributed by atoms with Crippen LogP contribution in [0, 0.1) is 25.5 Å². The van der Waals surface area contributed by atoms with Gasteiger partial charge in [0.25, 0.3) is 0 Å². The van der Waals surface area contributed by atoms with Gasteiger partial charge in [-0.3, -0.25) is 4.90 Å². The van der Waals surface area contributed by atoms with Gasteiger partial charge >= 0.3 is 0 Å². The summed E-state index contributed by atoms with van der Waals surface area (Å²) in [5.74, 6) is -0.797. The van der Waals surface area contributed by atoms with Gasteiger partial charge in [0, 0.05) is 36.3 Å². The van der Waals surface area contributed by atoms with Crippen molar-refractivity contribution in [2.75, 3.05) is 0 Å². The molecule has 1 N–H and O–H groups in total. The van der Waals surface area contributed by atoms with Crippen molar-refractivity contribution in [3.63, 3.8) is 0 Å². The Bertz CT molecular complexity index is 726. The monoisotopic (exact) mass is 317 g/mol. The van der Waals surface area contributed by atoms with Crippen LogP contribution in [0.4, 0.5) is 8.78 Å². The van der Waals surface area contributed by atoms with E-state index in [0.29, 0.717) is 24.7 Å². The lowest BCUT2D eigenvalue weighted by molar-refractivity contribution is 0.239. The molecule has 2 aromatic carbocycles. The Hall–Kier alpha value is -1.94. The Labute approximate surface area is 135 Å². The van der Waals surface area contributed by atoms with Crippen LogP contribution in [0.1, 0.15) is 35.1 Å². The molecule has 4 heteroatoms. The SMILES string of the molecule is Cc1cc(O)c(CN(Cc2ccc(F)cc2F)C2CC2)cc1C. The molecular weight excluding hydrogens is 296 g/mol. The quantitative estimate of drug-likeness (QED) is 0.880. The fraction of sp³-hybridized carbons (Fsp3) is 0.368. The van der Waals surface area contributed by atoms with E-state index in [1.54, 1.807) is 6.07 Å². The highest BCUT2D eigenvalue weighted by atomic mass is 19.1. The molecule has 0 saturated heterocycles. The maximum Gasteiger partial charge on any atom is 0.130 e. The summed E-state index contributed by atoms with van der Waals surface area (Å²) in [7, 11) is 0. The number of phenolic OH excluding ortho intramolecular Hbond substituents is 1. The van der Waals surface area contributed by atoms with Crippen LogP contribution in [0.5, 0.6) is 5.75 Å². The highest BCUT2D eigenvalue weighted by Crippen LogP contribution is 2.32. The Kier molecular flexibility index (Phi) is 4.35. The third kappa shape index (κ3) is 3.70. The largest absolute Gasteiger partial charge is 0.508 e. The summed E-state index contributed by atoms with van der Waals surface area (Å²) in [4.78, 5) is 2.15. The average Bonchev–Trinajstić information content (AvgIpc) is 3.31. The smallest absolute Gasteiger partial charge is 0.130 e. The molecule has 3 rings (SSSR count). The van der Waals surface area contributed by atoms with E-state index in [1.807, 2.05) is 19.9 Å². The average molecular weight is 317 g/mol. The zero-order chi connectivity index (χ0) is 16.6. The molecule has 0 aliphatic heterocycles. The van der Waals surface area contributed by atoms with Crippen LogP contribution < -0.4 is 0 Å². The normalized spacial score (nSPS) is 14.5. The first kappa shape index (κ1) is 15.9. The van der Waals surface area contributed by atoms with Crippen LogP contribution in [0.15, 0.2) is 30.3 Å². The first-order chi connectivity index (χ1) is 10.9. The number of nitrogens with zero attached hydrogens (tertiary/aromatic N) is 1. The zero-order valence-electron chi connectivity index (χ0n) is 13.4. The fourth-order valence-electron chi connectivity index (χ4n) is 2.83. The third-order valence-corrected chi connectivity index (χ3v) is 4.52. The highest BCUT2D eigenvalue weighted by Gasteiger charge is 2.30. The molecule has 2 aromatic rings. The maximum atomic E-state index is 13.9. The van der Waals surface area contributed by atoms with Crippen molar-refractivity contribution in [3.05, 3.63) is 64.2 Å². The summed E-state index contributed by atoms with van der Waals surface area (Å²) in [5, 5.41) is 10.2. The van der Waals surface area contributed by atoms with Crippen LogP contribution in [0.2, 0.25) is 0 Å². The molecule has 0 heterocycles. The van der Waals surface area contributed by atoms with E-state index in [2.05, 4.69) is 4.90 Å². The standard InChI is InChI=1S/C19H21F2NO/c1-12-7-15(19(23)8-13(12)2)11-22(17-5-6-17)10-14-3-4-16(20)9-18(14)21/h3-4,7-9,17,23H,5-6,10-11H2,1-2H3. The predicted octanol–water partition coefficient (Wildman–Crippen LogP) is 4.45. The van der Waals surface area contributed by atoms with Crippen LogP contribution in [-0.4, -0.2) is 16.0 Å². The second kappa shape index (κ2) is 6.28. The van der Waals surface area contributed by atoms with Crippen LogP contribution >= 0.6 is 0 Å². The molecule has 23 heavy (non-hydrogen) atoms. The van der Waals surface area contributed by atoms with Gasteiger partial charge < -0.3 is 5.11 Å². The van der Waals surface area contributed by atoms with Gasteiger partial charge in [-0.25, -0.2) is 8.78 Å². The topological polar surface area (TPSA) is 23.5 Å². The Morgan fingerprint density at radius 2 is 1.65 bits per heavy atom. The molecule has 1 aliphatic rings. The van der Waals surface area contributed by atoms with E-state index >= 15 is 0 Å². The first-order valence-corrected chi connectivity index (χ1v) is 7.91. The number of aromatic hydroxyl groups is 1. The fourth-order valence-corrected chi connectivity index (χ4v) is 2.83. The molecule has 0 spiro atoms. The summed E-state index contributed by atoms with van der Waals surface area (Å²) in [6.07, 6.45) is 2.16. The molecule has 1 aliphatic carbocycles.